The van der Waals surface area contributed by atoms with Crippen LogP contribution in [0.3, 0.4) is 0 Å². The number of hydrogen-bond donors (Lipinski definition) is 1. The van der Waals surface area contributed by atoms with Gasteiger partial charge in [-0.15, -0.1) is 0 Å². The second kappa shape index (κ2) is 6.06. The van der Waals surface area contributed by atoms with Crippen LogP contribution in [0.1, 0.15) is 12.5 Å². The van der Waals surface area contributed by atoms with Crippen LogP contribution in [0.4, 0.5) is 10.1 Å². The van der Waals surface area contributed by atoms with Gasteiger partial charge in [-0.3, -0.25) is 0 Å². The average molecular weight is 324 g/mol. The largest absolute Gasteiger partial charge is 0.508 e. The third-order valence-corrected chi connectivity index (χ3v) is 3.47. The standard InChI is InChI=1S/C15H15BrFNO/c1-2-18(14-6-4-13(17)5-7-14)10-11-9-12(16)3-8-15(11)19/h3-9,19H,2,10H2,1H3. The molecule has 1 N–H and O–H groups in total. The lowest BCUT2D eigenvalue weighted by molar-refractivity contribution is 0.467. The first kappa shape index (κ1) is 13.9. The topological polar surface area (TPSA) is 23.5 Å². The summed E-state index contributed by atoms with van der Waals surface area (Å²) in [5, 5.41) is 9.86. The molecule has 0 radical (unpaired) electrons. The number of benzene rings is 2. The molecule has 0 bridgehead atoms. The van der Waals surface area contributed by atoms with Crippen molar-refractivity contribution in [1.29, 1.82) is 0 Å². The Morgan fingerprint density at radius 3 is 2.47 bits per heavy atom. The first-order chi connectivity index (χ1) is 9.10. The molecule has 4 heteroatoms. The minimum Gasteiger partial charge on any atom is -0.508 e. The fourth-order valence-electron chi connectivity index (χ4n) is 1.92. The highest BCUT2D eigenvalue weighted by molar-refractivity contribution is 9.10. The summed E-state index contributed by atoms with van der Waals surface area (Å²) in [4.78, 5) is 2.07. The van der Waals surface area contributed by atoms with E-state index in [1.54, 1.807) is 24.3 Å². The molecule has 2 rings (SSSR count). The van der Waals surface area contributed by atoms with Crippen molar-refractivity contribution in [3.8, 4) is 5.75 Å². The van der Waals surface area contributed by atoms with Gasteiger partial charge in [0, 0.05) is 28.8 Å². The summed E-state index contributed by atoms with van der Waals surface area (Å²) in [5.74, 6) is 0.0221. The van der Waals surface area contributed by atoms with Crippen molar-refractivity contribution in [2.75, 3.05) is 11.4 Å². The van der Waals surface area contributed by atoms with E-state index in [4.69, 9.17) is 0 Å². The average Bonchev–Trinajstić information content (AvgIpc) is 2.41. The summed E-state index contributed by atoms with van der Waals surface area (Å²) < 4.78 is 13.9. The van der Waals surface area contributed by atoms with Crippen molar-refractivity contribution in [3.05, 3.63) is 58.3 Å². The van der Waals surface area contributed by atoms with Crippen LogP contribution >= 0.6 is 15.9 Å². The molecule has 0 unspecified atom stereocenters. The Morgan fingerprint density at radius 1 is 1.16 bits per heavy atom. The highest BCUT2D eigenvalue weighted by Gasteiger charge is 2.09. The van der Waals surface area contributed by atoms with Crippen LogP contribution in [0.15, 0.2) is 46.9 Å². The van der Waals surface area contributed by atoms with Crippen LogP contribution in [0.25, 0.3) is 0 Å². The van der Waals surface area contributed by atoms with Crippen molar-refractivity contribution in [2.45, 2.75) is 13.5 Å². The Kier molecular flexibility index (Phi) is 4.43. The lowest BCUT2D eigenvalue weighted by atomic mass is 10.1. The zero-order valence-corrected chi connectivity index (χ0v) is 12.2. The maximum absolute atomic E-state index is 12.9. The third-order valence-electron chi connectivity index (χ3n) is 2.98. The Morgan fingerprint density at radius 2 is 1.84 bits per heavy atom. The van der Waals surface area contributed by atoms with E-state index >= 15 is 0 Å². The van der Waals surface area contributed by atoms with E-state index in [9.17, 15) is 9.50 Å². The van der Waals surface area contributed by atoms with Gasteiger partial charge in [0.2, 0.25) is 0 Å². The van der Waals surface area contributed by atoms with Gasteiger partial charge in [0.05, 0.1) is 0 Å². The molecule has 100 valence electrons. The molecule has 0 spiro atoms. The maximum Gasteiger partial charge on any atom is 0.123 e. The van der Waals surface area contributed by atoms with Gasteiger partial charge < -0.3 is 10.0 Å². The number of phenolic OH excluding ortho intramolecular Hbond substituents is 1. The lowest BCUT2D eigenvalue weighted by Gasteiger charge is -2.23. The molecule has 0 saturated heterocycles. The van der Waals surface area contributed by atoms with Gasteiger partial charge >= 0.3 is 0 Å². The third kappa shape index (κ3) is 3.47. The molecule has 0 atom stereocenters. The van der Waals surface area contributed by atoms with Gasteiger partial charge in [-0.25, -0.2) is 4.39 Å². The van der Waals surface area contributed by atoms with Crippen molar-refractivity contribution >= 4 is 21.6 Å². The van der Waals surface area contributed by atoms with Gasteiger partial charge in [-0.1, -0.05) is 15.9 Å². The fourth-order valence-corrected chi connectivity index (χ4v) is 2.33. The molecule has 2 aromatic carbocycles. The van der Waals surface area contributed by atoms with E-state index in [1.807, 2.05) is 13.0 Å². The van der Waals surface area contributed by atoms with E-state index in [-0.39, 0.29) is 11.6 Å². The molecular formula is C15H15BrFNO. The number of hydrogen-bond acceptors (Lipinski definition) is 2. The van der Waals surface area contributed by atoms with Crippen LogP contribution in [-0.2, 0) is 6.54 Å². The maximum atomic E-state index is 12.9. The zero-order valence-electron chi connectivity index (χ0n) is 10.6. The summed E-state index contributed by atoms with van der Waals surface area (Å²) >= 11 is 3.39. The van der Waals surface area contributed by atoms with Crippen LogP contribution in [0.2, 0.25) is 0 Å². The molecular weight excluding hydrogens is 309 g/mol. The van der Waals surface area contributed by atoms with Crippen molar-refractivity contribution in [3.63, 3.8) is 0 Å². The molecule has 0 fully saturated rings. The van der Waals surface area contributed by atoms with Crippen LogP contribution in [0.5, 0.6) is 5.75 Å². The molecule has 2 nitrogen and oxygen atoms in total. The molecule has 0 saturated carbocycles. The van der Waals surface area contributed by atoms with Gasteiger partial charge in [-0.05, 0) is 49.4 Å². The number of nitrogens with zero attached hydrogens (tertiary/aromatic N) is 1. The zero-order chi connectivity index (χ0) is 13.8. The van der Waals surface area contributed by atoms with Crippen molar-refractivity contribution in [1.82, 2.24) is 0 Å². The minimum absolute atomic E-state index is 0.245. The quantitative estimate of drug-likeness (QED) is 0.905. The fraction of sp³-hybridized carbons (Fsp3) is 0.200. The number of halogens is 2. The second-order valence-corrected chi connectivity index (χ2v) is 5.18. The van der Waals surface area contributed by atoms with Gasteiger partial charge in [-0.2, -0.15) is 0 Å². The van der Waals surface area contributed by atoms with E-state index < -0.39 is 0 Å². The van der Waals surface area contributed by atoms with E-state index in [2.05, 4.69) is 20.8 Å². The Balaban J connectivity index is 2.23. The predicted octanol–water partition coefficient (Wildman–Crippen LogP) is 4.32. The number of phenols is 1. The Labute approximate surface area is 120 Å². The first-order valence-electron chi connectivity index (χ1n) is 6.08. The van der Waals surface area contributed by atoms with Gasteiger partial charge in [0.25, 0.3) is 0 Å². The van der Waals surface area contributed by atoms with E-state index in [0.717, 1.165) is 22.3 Å². The van der Waals surface area contributed by atoms with Gasteiger partial charge in [0.15, 0.2) is 0 Å². The molecule has 0 amide bonds. The molecule has 19 heavy (non-hydrogen) atoms. The molecule has 0 aliphatic heterocycles. The van der Waals surface area contributed by atoms with E-state index in [1.165, 1.54) is 12.1 Å². The Hall–Kier alpha value is -1.55. The van der Waals surface area contributed by atoms with Crippen LogP contribution in [-0.4, -0.2) is 11.7 Å². The molecule has 0 heterocycles. The summed E-state index contributed by atoms with van der Waals surface area (Å²) in [6.45, 7) is 3.38. The van der Waals surface area contributed by atoms with E-state index in [0.29, 0.717) is 6.54 Å². The SMILES string of the molecule is CCN(Cc1cc(Br)ccc1O)c1ccc(F)cc1. The predicted molar refractivity (Wildman–Crippen MR) is 78.9 cm³/mol. The molecule has 2 aromatic rings. The van der Waals surface area contributed by atoms with Crippen LogP contribution in [0, 0.1) is 5.82 Å². The molecule has 0 aromatic heterocycles. The summed E-state index contributed by atoms with van der Waals surface area (Å²) in [6, 6.07) is 11.7. The lowest BCUT2D eigenvalue weighted by Crippen LogP contribution is -2.22. The molecule has 0 aliphatic carbocycles. The first-order valence-corrected chi connectivity index (χ1v) is 6.87. The normalized spacial score (nSPS) is 10.5. The van der Waals surface area contributed by atoms with Crippen molar-refractivity contribution < 1.29 is 9.50 Å². The highest BCUT2D eigenvalue weighted by atomic mass is 79.9. The van der Waals surface area contributed by atoms with Crippen LogP contribution < -0.4 is 4.90 Å². The number of aromatic hydroxyl groups is 1. The smallest absolute Gasteiger partial charge is 0.123 e. The summed E-state index contributed by atoms with van der Waals surface area (Å²) in [7, 11) is 0. The van der Waals surface area contributed by atoms with Crippen molar-refractivity contribution in [2.24, 2.45) is 0 Å². The number of rotatable bonds is 4. The molecule has 0 aliphatic rings. The summed E-state index contributed by atoms with van der Waals surface area (Å²) in [5.41, 5.74) is 1.77. The Bertz CT molecular complexity index is 557. The summed E-state index contributed by atoms with van der Waals surface area (Å²) in [6.07, 6.45) is 0. The number of anilines is 1. The highest BCUT2D eigenvalue weighted by Crippen LogP contribution is 2.25. The minimum atomic E-state index is -0.245. The van der Waals surface area contributed by atoms with Gasteiger partial charge in [0.1, 0.15) is 11.6 Å². The second-order valence-electron chi connectivity index (χ2n) is 4.26. The monoisotopic (exact) mass is 323 g/mol.